The summed E-state index contributed by atoms with van der Waals surface area (Å²) in [5.74, 6) is 0.453. The van der Waals surface area contributed by atoms with Crippen molar-refractivity contribution in [1.82, 2.24) is 0 Å². The molecule has 94 valence electrons. The highest BCUT2D eigenvalue weighted by molar-refractivity contribution is 7.98. The van der Waals surface area contributed by atoms with Crippen LogP contribution in [0.4, 0.5) is 10.1 Å². The number of anilines is 1. The van der Waals surface area contributed by atoms with Gasteiger partial charge in [-0.15, -0.1) is 11.8 Å². The molecular formula is C15H16FNS. The summed E-state index contributed by atoms with van der Waals surface area (Å²) in [5.41, 5.74) is 9.81. The summed E-state index contributed by atoms with van der Waals surface area (Å²) in [7, 11) is 0. The van der Waals surface area contributed by atoms with Gasteiger partial charge in [0.2, 0.25) is 0 Å². The molecule has 0 aliphatic heterocycles. The molecule has 0 heterocycles. The highest BCUT2D eigenvalue weighted by Gasteiger charge is 2.04. The number of rotatable bonds is 3. The molecule has 3 heteroatoms. The maximum Gasteiger partial charge on any atom is 0.123 e. The molecule has 0 aliphatic rings. The van der Waals surface area contributed by atoms with Crippen LogP contribution in [0, 0.1) is 19.7 Å². The number of hydrogen-bond acceptors (Lipinski definition) is 2. The minimum Gasteiger partial charge on any atom is -0.398 e. The zero-order valence-corrected chi connectivity index (χ0v) is 11.4. The van der Waals surface area contributed by atoms with Crippen molar-refractivity contribution in [2.75, 3.05) is 5.73 Å². The van der Waals surface area contributed by atoms with E-state index in [0.29, 0.717) is 11.4 Å². The normalized spacial score (nSPS) is 10.6. The topological polar surface area (TPSA) is 26.0 Å². The van der Waals surface area contributed by atoms with E-state index in [4.69, 9.17) is 5.73 Å². The Morgan fingerprint density at radius 2 is 1.89 bits per heavy atom. The van der Waals surface area contributed by atoms with Gasteiger partial charge < -0.3 is 5.73 Å². The lowest BCUT2D eigenvalue weighted by Crippen LogP contribution is -1.94. The van der Waals surface area contributed by atoms with Gasteiger partial charge >= 0.3 is 0 Å². The van der Waals surface area contributed by atoms with Crippen molar-refractivity contribution in [2.45, 2.75) is 24.5 Å². The summed E-state index contributed by atoms with van der Waals surface area (Å²) in [5, 5.41) is 0. The maximum atomic E-state index is 13.2. The fraction of sp³-hybridized carbons (Fsp3) is 0.200. The van der Waals surface area contributed by atoms with Gasteiger partial charge in [-0.3, -0.25) is 0 Å². The van der Waals surface area contributed by atoms with Crippen LogP contribution < -0.4 is 5.73 Å². The van der Waals surface area contributed by atoms with Crippen LogP contribution in [0.25, 0.3) is 0 Å². The molecule has 1 nitrogen and oxygen atoms in total. The summed E-state index contributed by atoms with van der Waals surface area (Å²) in [6, 6.07) is 10.9. The molecule has 2 aromatic rings. The fourth-order valence-corrected chi connectivity index (χ4v) is 2.84. The van der Waals surface area contributed by atoms with Crippen LogP contribution in [0.5, 0.6) is 0 Å². The van der Waals surface area contributed by atoms with E-state index in [1.54, 1.807) is 17.8 Å². The second kappa shape index (κ2) is 5.44. The number of hydrogen-bond donors (Lipinski definition) is 1. The molecule has 0 radical (unpaired) electrons. The quantitative estimate of drug-likeness (QED) is 0.658. The van der Waals surface area contributed by atoms with Gasteiger partial charge in [-0.25, -0.2) is 4.39 Å². The van der Waals surface area contributed by atoms with Gasteiger partial charge in [0.25, 0.3) is 0 Å². The summed E-state index contributed by atoms with van der Waals surface area (Å²) in [4.78, 5) is 1.22. The smallest absolute Gasteiger partial charge is 0.123 e. The SMILES string of the molecule is Cc1ccc(C)c(SCc2cc(F)ccc2N)c1. The van der Waals surface area contributed by atoms with Crippen molar-refractivity contribution < 1.29 is 4.39 Å². The molecule has 0 atom stereocenters. The second-order valence-corrected chi connectivity index (χ2v) is 5.42. The minimum absolute atomic E-state index is 0.235. The number of nitrogens with two attached hydrogens (primary N) is 1. The average Bonchev–Trinajstić information content (AvgIpc) is 2.34. The minimum atomic E-state index is -0.235. The predicted molar refractivity (Wildman–Crippen MR) is 76.3 cm³/mol. The monoisotopic (exact) mass is 261 g/mol. The van der Waals surface area contributed by atoms with Crippen molar-refractivity contribution in [1.29, 1.82) is 0 Å². The Kier molecular flexibility index (Phi) is 3.92. The molecule has 2 N–H and O–H groups in total. The van der Waals surface area contributed by atoms with Gasteiger partial charge in [0.05, 0.1) is 0 Å². The first kappa shape index (κ1) is 13.0. The molecule has 0 fully saturated rings. The molecule has 2 aromatic carbocycles. The van der Waals surface area contributed by atoms with Crippen LogP contribution in [0.3, 0.4) is 0 Å². The van der Waals surface area contributed by atoms with Crippen molar-refractivity contribution in [3.05, 3.63) is 58.9 Å². The highest BCUT2D eigenvalue weighted by Crippen LogP contribution is 2.29. The first-order valence-corrected chi connectivity index (χ1v) is 6.79. The van der Waals surface area contributed by atoms with Gasteiger partial charge in [-0.05, 0) is 49.2 Å². The van der Waals surface area contributed by atoms with Crippen molar-refractivity contribution >= 4 is 17.4 Å². The summed E-state index contributed by atoms with van der Waals surface area (Å²) >= 11 is 1.69. The molecule has 0 saturated carbocycles. The van der Waals surface area contributed by atoms with E-state index in [1.165, 1.54) is 28.2 Å². The van der Waals surface area contributed by atoms with E-state index < -0.39 is 0 Å². The molecule has 18 heavy (non-hydrogen) atoms. The Hall–Kier alpha value is -1.48. The third-order valence-corrected chi connectivity index (χ3v) is 4.04. The van der Waals surface area contributed by atoms with E-state index in [-0.39, 0.29) is 5.82 Å². The molecule has 0 aromatic heterocycles. The van der Waals surface area contributed by atoms with E-state index in [1.807, 2.05) is 0 Å². The first-order valence-electron chi connectivity index (χ1n) is 5.80. The Bertz CT molecular complexity index is 515. The Labute approximate surface area is 111 Å². The molecule has 0 amide bonds. The lowest BCUT2D eigenvalue weighted by atomic mass is 10.2. The second-order valence-electron chi connectivity index (χ2n) is 4.40. The summed E-state index contributed by atoms with van der Waals surface area (Å²) in [6.07, 6.45) is 0. The Morgan fingerprint density at radius 3 is 2.67 bits per heavy atom. The number of halogens is 1. The average molecular weight is 261 g/mol. The number of thioether (sulfide) groups is 1. The van der Waals surface area contributed by atoms with E-state index in [0.717, 1.165) is 5.56 Å². The molecular weight excluding hydrogens is 245 g/mol. The van der Waals surface area contributed by atoms with Crippen LogP contribution >= 0.6 is 11.8 Å². The molecule has 0 bridgehead atoms. The van der Waals surface area contributed by atoms with E-state index in [9.17, 15) is 4.39 Å². The van der Waals surface area contributed by atoms with Crippen LogP contribution in [-0.4, -0.2) is 0 Å². The molecule has 0 saturated heterocycles. The molecule has 0 spiro atoms. The third kappa shape index (κ3) is 3.05. The zero-order chi connectivity index (χ0) is 13.1. The van der Waals surface area contributed by atoms with Crippen molar-refractivity contribution in [2.24, 2.45) is 0 Å². The Morgan fingerprint density at radius 1 is 1.11 bits per heavy atom. The van der Waals surface area contributed by atoms with Crippen LogP contribution in [-0.2, 0) is 5.75 Å². The molecule has 2 rings (SSSR count). The molecule has 0 aliphatic carbocycles. The lowest BCUT2D eigenvalue weighted by molar-refractivity contribution is 0.627. The summed E-state index contributed by atoms with van der Waals surface area (Å²) < 4.78 is 13.2. The van der Waals surface area contributed by atoms with Gasteiger partial charge in [0.1, 0.15) is 5.82 Å². The van der Waals surface area contributed by atoms with Gasteiger partial charge in [-0.2, -0.15) is 0 Å². The fourth-order valence-electron chi connectivity index (χ4n) is 1.72. The Balaban J connectivity index is 2.16. The number of nitrogen functional groups attached to an aromatic ring is 1. The van der Waals surface area contributed by atoms with Gasteiger partial charge in [0.15, 0.2) is 0 Å². The van der Waals surface area contributed by atoms with Crippen molar-refractivity contribution in [3.8, 4) is 0 Å². The summed E-state index contributed by atoms with van der Waals surface area (Å²) in [6.45, 7) is 4.15. The lowest BCUT2D eigenvalue weighted by Gasteiger charge is -2.08. The first-order chi connectivity index (χ1) is 8.56. The van der Waals surface area contributed by atoms with Gasteiger partial charge in [-0.1, -0.05) is 17.7 Å². The van der Waals surface area contributed by atoms with Crippen LogP contribution in [0.2, 0.25) is 0 Å². The maximum absolute atomic E-state index is 13.2. The number of benzene rings is 2. The third-order valence-electron chi connectivity index (χ3n) is 2.83. The highest BCUT2D eigenvalue weighted by atomic mass is 32.2. The van der Waals surface area contributed by atoms with Crippen molar-refractivity contribution in [3.63, 3.8) is 0 Å². The number of aryl methyl sites for hydroxylation is 2. The standard InChI is InChI=1S/C15H16FNS/c1-10-3-4-11(2)15(7-10)18-9-12-8-13(16)5-6-14(12)17/h3-8H,9,17H2,1-2H3. The zero-order valence-electron chi connectivity index (χ0n) is 10.5. The van der Waals surface area contributed by atoms with Gasteiger partial charge in [0, 0.05) is 16.3 Å². The predicted octanol–water partition coefficient (Wildman–Crippen LogP) is 4.32. The molecule has 0 unspecified atom stereocenters. The van der Waals surface area contributed by atoms with Crippen LogP contribution in [0.15, 0.2) is 41.3 Å². The van der Waals surface area contributed by atoms with E-state index >= 15 is 0 Å². The van der Waals surface area contributed by atoms with E-state index in [2.05, 4.69) is 32.0 Å². The largest absolute Gasteiger partial charge is 0.398 e. The van der Waals surface area contributed by atoms with Crippen LogP contribution in [0.1, 0.15) is 16.7 Å².